The highest BCUT2D eigenvalue weighted by Crippen LogP contribution is 2.39. The van der Waals surface area contributed by atoms with Crippen LogP contribution in [0.5, 0.6) is 17.2 Å². The molecule has 10 heteroatoms. The Morgan fingerprint density at radius 1 is 1.09 bits per heavy atom. The van der Waals surface area contributed by atoms with Crippen LogP contribution in [0.4, 0.5) is 11.6 Å². The van der Waals surface area contributed by atoms with Crippen molar-refractivity contribution in [2.75, 3.05) is 31.0 Å². The molecule has 172 valence electrons. The summed E-state index contributed by atoms with van der Waals surface area (Å²) in [4.78, 5) is 13.5. The minimum absolute atomic E-state index is 0.303. The summed E-state index contributed by atoms with van der Waals surface area (Å²) >= 11 is 0. The van der Waals surface area contributed by atoms with E-state index < -0.39 is 6.04 Å². The lowest BCUT2D eigenvalue weighted by atomic mass is 9.94. The lowest BCUT2D eigenvalue weighted by Gasteiger charge is -2.28. The Morgan fingerprint density at radius 3 is 2.61 bits per heavy atom. The summed E-state index contributed by atoms with van der Waals surface area (Å²) in [5, 5.41) is 18.0. The Labute approximate surface area is 191 Å². The predicted molar refractivity (Wildman–Crippen MR) is 123 cm³/mol. The van der Waals surface area contributed by atoms with E-state index in [4.69, 9.17) is 14.2 Å². The molecule has 0 fully saturated rings. The van der Waals surface area contributed by atoms with Gasteiger partial charge in [0, 0.05) is 5.70 Å². The average Bonchev–Trinajstić information content (AvgIpc) is 3.28. The molecule has 1 aromatic heterocycles. The van der Waals surface area contributed by atoms with Gasteiger partial charge in [0.2, 0.25) is 5.95 Å². The van der Waals surface area contributed by atoms with Gasteiger partial charge < -0.3 is 24.8 Å². The first-order valence-electron chi connectivity index (χ1n) is 10.7. The van der Waals surface area contributed by atoms with Crippen LogP contribution in [-0.4, -0.2) is 46.4 Å². The summed E-state index contributed by atoms with van der Waals surface area (Å²) in [5.74, 6) is 1.93. The Hall–Kier alpha value is -4.08. The highest BCUT2D eigenvalue weighted by atomic mass is 16.5. The molecule has 1 amide bonds. The molecular weight excluding hydrogens is 424 g/mol. The average molecular weight is 450 g/mol. The number of fused-ring (bicyclic) bond motifs is 1. The van der Waals surface area contributed by atoms with Crippen LogP contribution in [0.25, 0.3) is 0 Å². The quantitative estimate of drug-likeness (QED) is 0.537. The Morgan fingerprint density at radius 2 is 1.85 bits per heavy atom. The number of carbonyl (C=O) groups excluding carboxylic acids is 1. The second-order valence-electron chi connectivity index (χ2n) is 7.24. The first kappa shape index (κ1) is 22.1. The molecule has 2 aromatic carbocycles. The van der Waals surface area contributed by atoms with E-state index in [2.05, 4.69) is 26.2 Å². The van der Waals surface area contributed by atoms with Gasteiger partial charge in [-0.2, -0.15) is 4.68 Å². The van der Waals surface area contributed by atoms with Crippen LogP contribution in [0.2, 0.25) is 0 Å². The smallest absolute Gasteiger partial charge is 0.255 e. The van der Waals surface area contributed by atoms with E-state index in [-0.39, 0.29) is 5.91 Å². The molecule has 1 aliphatic heterocycles. The molecule has 0 spiro atoms. The number of allylic oxidation sites excluding steroid dienone is 1. The molecule has 1 atom stereocenters. The number of methoxy groups -OCH3 is 1. The number of ether oxygens (including phenoxy) is 3. The summed E-state index contributed by atoms with van der Waals surface area (Å²) in [6.07, 6.45) is 0. The summed E-state index contributed by atoms with van der Waals surface area (Å²) in [7, 11) is 1.56. The van der Waals surface area contributed by atoms with E-state index in [1.807, 2.05) is 51.1 Å². The Bertz CT molecular complexity index is 1190. The molecule has 0 aliphatic carbocycles. The van der Waals surface area contributed by atoms with Gasteiger partial charge in [-0.1, -0.05) is 23.3 Å². The van der Waals surface area contributed by atoms with E-state index in [0.29, 0.717) is 53.4 Å². The molecule has 33 heavy (non-hydrogen) atoms. The van der Waals surface area contributed by atoms with Crippen molar-refractivity contribution < 1.29 is 19.0 Å². The highest BCUT2D eigenvalue weighted by Gasteiger charge is 2.34. The van der Waals surface area contributed by atoms with E-state index >= 15 is 0 Å². The maximum atomic E-state index is 13.5. The molecule has 0 saturated carbocycles. The van der Waals surface area contributed by atoms with Crippen LogP contribution in [0.3, 0.4) is 0 Å². The molecule has 0 bridgehead atoms. The molecule has 3 aromatic rings. The second-order valence-corrected chi connectivity index (χ2v) is 7.24. The van der Waals surface area contributed by atoms with E-state index in [0.717, 1.165) is 5.56 Å². The predicted octanol–water partition coefficient (Wildman–Crippen LogP) is 3.41. The van der Waals surface area contributed by atoms with Crippen molar-refractivity contribution >= 4 is 17.5 Å². The van der Waals surface area contributed by atoms with Crippen LogP contribution >= 0.6 is 0 Å². The molecule has 4 rings (SSSR count). The number of hydrogen-bond donors (Lipinski definition) is 2. The van der Waals surface area contributed by atoms with Gasteiger partial charge in [0.15, 0.2) is 11.5 Å². The number of anilines is 2. The lowest BCUT2D eigenvalue weighted by molar-refractivity contribution is -0.113. The largest absolute Gasteiger partial charge is 0.495 e. The van der Waals surface area contributed by atoms with Crippen LogP contribution < -0.4 is 24.8 Å². The van der Waals surface area contributed by atoms with Gasteiger partial charge in [0.25, 0.3) is 5.91 Å². The van der Waals surface area contributed by atoms with Crippen LogP contribution in [-0.2, 0) is 4.79 Å². The Balaban J connectivity index is 1.78. The normalized spacial score (nSPS) is 14.8. The minimum Gasteiger partial charge on any atom is -0.495 e. The minimum atomic E-state index is -0.583. The number of nitrogens with zero attached hydrogens (tertiary/aromatic N) is 4. The zero-order valence-corrected chi connectivity index (χ0v) is 19.0. The number of benzene rings is 2. The van der Waals surface area contributed by atoms with Gasteiger partial charge >= 0.3 is 0 Å². The molecule has 0 unspecified atom stereocenters. The first-order chi connectivity index (χ1) is 16.1. The van der Waals surface area contributed by atoms with Crippen LogP contribution in [0.1, 0.15) is 32.4 Å². The molecule has 2 N–H and O–H groups in total. The summed E-state index contributed by atoms with van der Waals surface area (Å²) < 4.78 is 18.5. The topological polar surface area (TPSA) is 112 Å². The molecule has 0 radical (unpaired) electrons. The highest BCUT2D eigenvalue weighted by molar-refractivity contribution is 6.06. The number of aromatic nitrogens is 4. The van der Waals surface area contributed by atoms with Crippen molar-refractivity contribution in [3.8, 4) is 17.2 Å². The fourth-order valence-electron chi connectivity index (χ4n) is 3.79. The van der Waals surface area contributed by atoms with Crippen molar-refractivity contribution in [2.45, 2.75) is 26.8 Å². The van der Waals surface area contributed by atoms with Gasteiger partial charge in [-0.3, -0.25) is 4.79 Å². The number of rotatable bonds is 8. The lowest BCUT2D eigenvalue weighted by Crippen LogP contribution is -2.31. The summed E-state index contributed by atoms with van der Waals surface area (Å²) in [5.41, 5.74) is 2.45. The standard InChI is InChI=1S/C23H26N6O4/c1-5-32-18-12-11-15(13-19(18)33-6-2)21-20(14(3)24-23-26-27-28-29(21)23)22(30)25-16-9-7-8-10-17(16)31-4/h7-13,21H,5-6H2,1-4H3,(H,25,30)(H,24,26,28)/t21-/m0/s1. The number of tetrazole rings is 1. The third kappa shape index (κ3) is 4.32. The SMILES string of the molecule is CCOc1ccc([C@H]2C(C(=O)Nc3ccccc3OC)=C(C)Nc3nnnn32)cc1OCC. The van der Waals surface area contributed by atoms with Gasteiger partial charge in [0.05, 0.1) is 31.6 Å². The fraction of sp³-hybridized carbons (Fsp3) is 0.304. The van der Waals surface area contributed by atoms with Crippen molar-refractivity contribution in [3.05, 3.63) is 59.3 Å². The second kappa shape index (κ2) is 9.60. The molecule has 1 aliphatic rings. The third-order valence-corrected chi connectivity index (χ3v) is 5.20. The van der Waals surface area contributed by atoms with Gasteiger partial charge in [0.1, 0.15) is 11.8 Å². The first-order valence-corrected chi connectivity index (χ1v) is 10.7. The number of hydrogen-bond acceptors (Lipinski definition) is 8. The van der Waals surface area contributed by atoms with Gasteiger partial charge in [-0.05, 0) is 61.0 Å². The van der Waals surface area contributed by atoms with Gasteiger partial charge in [-0.15, -0.1) is 0 Å². The molecule has 2 heterocycles. The summed E-state index contributed by atoms with van der Waals surface area (Å²) in [6, 6.07) is 12.2. The molecule has 0 saturated heterocycles. The number of para-hydroxylation sites is 2. The Kier molecular flexibility index (Phi) is 6.43. The van der Waals surface area contributed by atoms with Gasteiger partial charge in [-0.25, -0.2) is 0 Å². The summed E-state index contributed by atoms with van der Waals surface area (Å²) in [6.45, 7) is 6.62. The van der Waals surface area contributed by atoms with Crippen molar-refractivity contribution in [1.29, 1.82) is 0 Å². The monoisotopic (exact) mass is 450 g/mol. The zero-order valence-electron chi connectivity index (χ0n) is 19.0. The molecule has 10 nitrogen and oxygen atoms in total. The van der Waals surface area contributed by atoms with Crippen LogP contribution in [0, 0.1) is 0 Å². The fourth-order valence-corrected chi connectivity index (χ4v) is 3.79. The maximum absolute atomic E-state index is 13.5. The van der Waals surface area contributed by atoms with Crippen LogP contribution in [0.15, 0.2) is 53.7 Å². The van der Waals surface area contributed by atoms with Crippen molar-refractivity contribution in [3.63, 3.8) is 0 Å². The zero-order chi connectivity index (χ0) is 23.4. The number of nitrogens with one attached hydrogen (secondary N) is 2. The van der Waals surface area contributed by atoms with E-state index in [9.17, 15) is 4.79 Å². The number of carbonyl (C=O) groups is 1. The number of amides is 1. The third-order valence-electron chi connectivity index (χ3n) is 5.20. The maximum Gasteiger partial charge on any atom is 0.255 e. The molecular formula is C23H26N6O4. The van der Waals surface area contributed by atoms with Crippen molar-refractivity contribution in [2.24, 2.45) is 0 Å². The van der Waals surface area contributed by atoms with Crippen molar-refractivity contribution in [1.82, 2.24) is 20.2 Å². The van der Waals surface area contributed by atoms with E-state index in [1.165, 1.54) is 0 Å². The van der Waals surface area contributed by atoms with E-state index in [1.54, 1.807) is 23.9 Å².